The van der Waals surface area contributed by atoms with Crippen LogP contribution in [0.15, 0.2) is 17.1 Å². The number of rotatable bonds is 8. The molecule has 0 unspecified atom stereocenters. The van der Waals surface area contributed by atoms with E-state index in [0.717, 1.165) is 6.54 Å². The van der Waals surface area contributed by atoms with Gasteiger partial charge in [0.2, 0.25) is 0 Å². The lowest BCUT2D eigenvalue weighted by Gasteiger charge is -2.11. The molecule has 0 amide bonds. The Labute approximate surface area is 155 Å². The molecule has 1 aromatic heterocycles. The minimum Gasteiger partial charge on any atom is -0.372 e. The van der Waals surface area contributed by atoms with Crippen LogP contribution in [0.2, 0.25) is 0 Å². The monoisotopic (exact) mass is 465 g/mol. The number of halogens is 4. The van der Waals surface area contributed by atoms with Crippen molar-refractivity contribution >= 4 is 41.3 Å². The van der Waals surface area contributed by atoms with Crippen LogP contribution in [0, 0.1) is 6.92 Å². The van der Waals surface area contributed by atoms with Crippen molar-refractivity contribution in [3.05, 3.63) is 21.9 Å². The van der Waals surface area contributed by atoms with Gasteiger partial charge in [0, 0.05) is 29.5 Å². The van der Waals surface area contributed by atoms with Gasteiger partial charge in [-0.2, -0.15) is 13.2 Å². The van der Waals surface area contributed by atoms with Crippen LogP contribution in [0.5, 0.6) is 0 Å². The highest BCUT2D eigenvalue weighted by atomic mass is 127. The average molecular weight is 465 g/mol. The van der Waals surface area contributed by atoms with Gasteiger partial charge in [0.1, 0.15) is 6.61 Å². The molecular weight excluding hydrogens is 442 g/mol. The third-order valence-electron chi connectivity index (χ3n) is 2.56. The number of hydrogen-bond acceptors (Lipinski definition) is 3. The summed E-state index contributed by atoms with van der Waals surface area (Å²) in [5.41, 5.74) is 0. The van der Waals surface area contributed by atoms with Crippen molar-refractivity contribution in [1.29, 1.82) is 0 Å². The van der Waals surface area contributed by atoms with E-state index in [9.17, 15) is 13.2 Å². The summed E-state index contributed by atoms with van der Waals surface area (Å²) in [6, 6.07) is 4.09. The van der Waals surface area contributed by atoms with Gasteiger partial charge in [-0.1, -0.05) is 0 Å². The quantitative estimate of drug-likeness (QED) is 0.267. The minimum absolute atomic E-state index is 0. The Morgan fingerprint density at radius 2 is 2.04 bits per heavy atom. The van der Waals surface area contributed by atoms with Crippen LogP contribution in [0.4, 0.5) is 13.2 Å². The largest absolute Gasteiger partial charge is 0.411 e. The van der Waals surface area contributed by atoms with Crippen LogP contribution in [0.3, 0.4) is 0 Å². The van der Waals surface area contributed by atoms with E-state index in [1.54, 1.807) is 11.3 Å². The Morgan fingerprint density at radius 3 is 2.61 bits per heavy atom. The first-order valence-electron chi connectivity index (χ1n) is 7.12. The Hall–Kier alpha value is -0.550. The summed E-state index contributed by atoms with van der Waals surface area (Å²) in [7, 11) is 0. The average Bonchev–Trinajstić information content (AvgIpc) is 2.84. The van der Waals surface area contributed by atoms with Gasteiger partial charge < -0.3 is 15.4 Å². The van der Waals surface area contributed by atoms with Crippen molar-refractivity contribution in [3.8, 4) is 0 Å². The first-order chi connectivity index (χ1) is 10.4. The molecule has 0 saturated carbocycles. The number of nitrogens with one attached hydrogen (secondary N) is 2. The Kier molecular flexibility index (Phi) is 11.6. The SMILES string of the molecule is CCNC(=NCc1ccc(C)s1)NCCCOCC(F)(F)F.I. The van der Waals surface area contributed by atoms with E-state index >= 15 is 0 Å². The van der Waals surface area contributed by atoms with Crippen LogP contribution < -0.4 is 10.6 Å². The van der Waals surface area contributed by atoms with Gasteiger partial charge in [-0.15, -0.1) is 35.3 Å². The van der Waals surface area contributed by atoms with Crippen LogP contribution in [0.25, 0.3) is 0 Å². The number of guanidine groups is 1. The first-order valence-corrected chi connectivity index (χ1v) is 7.94. The summed E-state index contributed by atoms with van der Waals surface area (Å²) in [5, 5.41) is 6.18. The molecule has 0 aliphatic rings. The second kappa shape index (κ2) is 11.9. The molecule has 1 aromatic rings. The summed E-state index contributed by atoms with van der Waals surface area (Å²) < 4.78 is 40.2. The molecule has 134 valence electrons. The maximum absolute atomic E-state index is 11.9. The summed E-state index contributed by atoms with van der Waals surface area (Å²) in [4.78, 5) is 6.85. The molecule has 23 heavy (non-hydrogen) atoms. The van der Waals surface area contributed by atoms with E-state index in [-0.39, 0.29) is 30.6 Å². The van der Waals surface area contributed by atoms with E-state index in [1.165, 1.54) is 9.75 Å². The third kappa shape index (κ3) is 11.6. The van der Waals surface area contributed by atoms with E-state index < -0.39 is 12.8 Å². The second-order valence-electron chi connectivity index (χ2n) is 4.66. The van der Waals surface area contributed by atoms with Gasteiger partial charge >= 0.3 is 6.18 Å². The van der Waals surface area contributed by atoms with Gasteiger partial charge in [-0.3, -0.25) is 0 Å². The fraction of sp³-hybridized carbons (Fsp3) is 0.643. The Bertz CT molecular complexity index is 466. The van der Waals surface area contributed by atoms with Gasteiger partial charge in [0.05, 0.1) is 6.54 Å². The molecule has 0 fully saturated rings. The topological polar surface area (TPSA) is 45.7 Å². The molecule has 0 aromatic carbocycles. The van der Waals surface area contributed by atoms with Crippen LogP contribution >= 0.6 is 35.3 Å². The lowest BCUT2D eigenvalue weighted by atomic mass is 10.4. The first kappa shape index (κ1) is 22.4. The molecule has 4 nitrogen and oxygen atoms in total. The van der Waals surface area contributed by atoms with Crippen LogP contribution in [0.1, 0.15) is 23.1 Å². The maximum atomic E-state index is 11.9. The summed E-state index contributed by atoms with van der Waals surface area (Å²) in [6.45, 7) is 4.68. The van der Waals surface area contributed by atoms with Crippen LogP contribution in [-0.4, -0.2) is 38.4 Å². The zero-order chi connectivity index (χ0) is 16.4. The number of nitrogens with zero attached hydrogens (tertiary/aromatic N) is 1. The molecule has 0 saturated heterocycles. The van der Waals surface area contributed by atoms with Crippen molar-refractivity contribution in [3.63, 3.8) is 0 Å². The standard InChI is InChI=1S/C14H22F3N3OS.HI/c1-3-18-13(20-9-12-6-5-11(2)22-12)19-7-4-8-21-10-14(15,16)17;/h5-6H,3-4,7-10H2,1-2H3,(H2,18,19,20);1H. The lowest BCUT2D eigenvalue weighted by molar-refractivity contribution is -0.173. The molecule has 0 aliphatic carbocycles. The van der Waals surface area contributed by atoms with Crippen molar-refractivity contribution < 1.29 is 17.9 Å². The number of hydrogen-bond donors (Lipinski definition) is 2. The van der Waals surface area contributed by atoms with Gasteiger partial charge in [0.15, 0.2) is 5.96 Å². The van der Waals surface area contributed by atoms with Gasteiger partial charge in [-0.05, 0) is 32.4 Å². The smallest absolute Gasteiger partial charge is 0.372 e. The number of thiophene rings is 1. The van der Waals surface area contributed by atoms with Gasteiger partial charge in [0.25, 0.3) is 0 Å². The van der Waals surface area contributed by atoms with E-state index in [0.29, 0.717) is 25.5 Å². The van der Waals surface area contributed by atoms with Crippen molar-refractivity contribution in [2.24, 2.45) is 4.99 Å². The third-order valence-corrected chi connectivity index (χ3v) is 3.54. The lowest BCUT2D eigenvalue weighted by Crippen LogP contribution is -2.38. The highest BCUT2D eigenvalue weighted by Crippen LogP contribution is 2.15. The summed E-state index contributed by atoms with van der Waals surface area (Å²) in [6.07, 6.45) is -3.78. The van der Waals surface area contributed by atoms with Gasteiger partial charge in [-0.25, -0.2) is 4.99 Å². The predicted octanol–water partition coefficient (Wildman–Crippen LogP) is 3.70. The van der Waals surface area contributed by atoms with Crippen molar-refractivity contribution in [2.75, 3.05) is 26.3 Å². The normalized spacial score (nSPS) is 12.0. The highest BCUT2D eigenvalue weighted by molar-refractivity contribution is 14.0. The molecular formula is C14H23F3IN3OS. The van der Waals surface area contributed by atoms with Crippen LogP contribution in [-0.2, 0) is 11.3 Å². The number of aliphatic imine (C=N–C) groups is 1. The molecule has 1 heterocycles. The molecule has 0 spiro atoms. The van der Waals surface area contributed by atoms with Crippen molar-refractivity contribution in [1.82, 2.24) is 10.6 Å². The maximum Gasteiger partial charge on any atom is 0.411 e. The van der Waals surface area contributed by atoms with E-state index in [4.69, 9.17) is 0 Å². The predicted molar refractivity (Wildman–Crippen MR) is 98.8 cm³/mol. The fourth-order valence-corrected chi connectivity index (χ4v) is 2.45. The highest BCUT2D eigenvalue weighted by Gasteiger charge is 2.27. The molecule has 0 aliphatic heterocycles. The zero-order valence-electron chi connectivity index (χ0n) is 13.2. The zero-order valence-corrected chi connectivity index (χ0v) is 16.4. The molecule has 2 N–H and O–H groups in total. The molecule has 0 atom stereocenters. The molecule has 0 bridgehead atoms. The second-order valence-corrected chi connectivity index (χ2v) is 6.03. The number of alkyl halides is 3. The minimum atomic E-state index is -4.26. The van der Waals surface area contributed by atoms with E-state index in [2.05, 4.69) is 20.4 Å². The summed E-state index contributed by atoms with van der Waals surface area (Å²) >= 11 is 1.70. The molecule has 0 radical (unpaired) electrons. The molecule has 1 rings (SSSR count). The Balaban J connectivity index is 0.00000484. The number of aryl methyl sites for hydroxylation is 1. The Morgan fingerprint density at radius 1 is 1.30 bits per heavy atom. The van der Waals surface area contributed by atoms with E-state index in [1.807, 2.05) is 26.0 Å². The van der Waals surface area contributed by atoms with Crippen molar-refractivity contribution in [2.45, 2.75) is 33.0 Å². The number of ether oxygens (including phenoxy) is 1. The fourth-order valence-electron chi connectivity index (χ4n) is 1.64. The molecule has 9 heteroatoms. The summed E-state index contributed by atoms with van der Waals surface area (Å²) in [5.74, 6) is 0.657.